The maximum Gasteiger partial charge on any atom is 0.253 e. The fraction of sp³-hybridized carbons (Fsp3) is 0.154. The fourth-order valence-electron chi connectivity index (χ4n) is 1.62. The standard InChI is InChI=1S/C13H13ClN4O2/c1-8-4-13(20)18(7-16-8)6-12(19)17-11-5-9(14)2-3-10(11)15/h2-5,7H,6,15H2,1H3,(H,17,19). The van der Waals surface area contributed by atoms with Gasteiger partial charge in [0.25, 0.3) is 5.56 Å². The number of amides is 1. The molecule has 0 saturated heterocycles. The van der Waals surface area contributed by atoms with Crippen molar-refractivity contribution in [3.8, 4) is 0 Å². The van der Waals surface area contributed by atoms with Crippen LogP contribution in [0.15, 0.2) is 35.4 Å². The molecule has 1 heterocycles. The van der Waals surface area contributed by atoms with Gasteiger partial charge in [-0.3, -0.25) is 14.2 Å². The lowest BCUT2D eigenvalue weighted by Gasteiger charge is -2.09. The zero-order valence-electron chi connectivity index (χ0n) is 10.8. The molecule has 0 saturated carbocycles. The molecular weight excluding hydrogens is 280 g/mol. The van der Waals surface area contributed by atoms with Crippen molar-refractivity contribution < 1.29 is 4.79 Å². The normalized spacial score (nSPS) is 10.3. The Bertz CT molecular complexity index is 712. The predicted octanol–water partition coefficient (Wildman–Crippen LogP) is 1.43. The maximum atomic E-state index is 11.9. The number of nitrogens with one attached hydrogen (secondary N) is 1. The quantitative estimate of drug-likeness (QED) is 0.837. The average Bonchev–Trinajstić information content (AvgIpc) is 2.37. The van der Waals surface area contributed by atoms with E-state index in [0.29, 0.717) is 22.1 Å². The molecule has 2 aromatic rings. The zero-order chi connectivity index (χ0) is 14.7. The smallest absolute Gasteiger partial charge is 0.253 e. The van der Waals surface area contributed by atoms with Crippen molar-refractivity contribution in [1.29, 1.82) is 0 Å². The van der Waals surface area contributed by atoms with E-state index in [0.717, 1.165) is 0 Å². The van der Waals surface area contributed by atoms with Crippen LogP contribution in [0.5, 0.6) is 0 Å². The number of hydrogen-bond acceptors (Lipinski definition) is 4. The first-order valence-corrected chi connectivity index (χ1v) is 6.21. The Morgan fingerprint density at radius 2 is 2.20 bits per heavy atom. The van der Waals surface area contributed by atoms with Gasteiger partial charge in [0, 0.05) is 16.8 Å². The van der Waals surface area contributed by atoms with Gasteiger partial charge in [0.1, 0.15) is 6.54 Å². The lowest BCUT2D eigenvalue weighted by Crippen LogP contribution is -2.27. The van der Waals surface area contributed by atoms with E-state index in [2.05, 4.69) is 10.3 Å². The van der Waals surface area contributed by atoms with Crippen LogP contribution in [0.2, 0.25) is 5.02 Å². The number of rotatable bonds is 3. The average molecular weight is 293 g/mol. The molecule has 1 amide bonds. The van der Waals surface area contributed by atoms with Crippen LogP contribution in [-0.4, -0.2) is 15.5 Å². The number of aryl methyl sites for hydroxylation is 1. The molecule has 1 aromatic heterocycles. The molecule has 1 aromatic carbocycles. The van der Waals surface area contributed by atoms with Crippen LogP contribution in [0.1, 0.15) is 5.69 Å². The highest BCUT2D eigenvalue weighted by Crippen LogP contribution is 2.22. The van der Waals surface area contributed by atoms with Crippen molar-refractivity contribution in [2.45, 2.75) is 13.5 Å². The summed E-state index contributed by atoms with van der Waals surface area (Å²) < 4.78 is 1.21. The van der Waals surface area contributed by atoms with Gasteiger partial charge in [0.05, 0.1) is 17.7 Å². The summed E-state index contributed by atoms with van der Waals surface area (Å²) >= 11 is 5.83. The second kappa shape index (κ2) is 5.75. The molecule has 0 bridgehead atoms. The van der Waals surface area contributed by atoms with Crippen molar-refractivity contribution in [3.05, 3.63) is 51.7 Å². The number of aromatic nitrogens is 2. The summed E-state index contributed by atoms with van der Waals surface area (Å²) in [6.07, 6.45) is 1.33. The summed E-state index contributed by atoms with van der Waals surface area (Å²) in [6.45, 7) is 1.57. The molecule has 0 fully saturated rings. The molecule has 0 aliphatic rings. The Labute approximate surface area is 120 Å². The van der Waals surface area contributed by atoms with Crippen molar-refractivity contribution in [2.75, 3.05) is 11.1 Å². The first-order chi connectivity index (χ1) is 9.45. The van der Waals surface area contributed by atoms with E-state index in [1.807, 2.05) is 0 Å². The second-order valence-corrected chi connectivity index (χ2v) is 4.71. The van der Waals surface area contributed by atoms with Crippen LogP contribution in [0, 0.1) is 6.92 Å². The number of benzene rings is 1. The molecule has 0 aliphatic carbocycles. The molecule has 20 heavy (non-hydrogen) atoms. The van der Waals surface area contributed by atoms with Crippen LogP contribution in [0.4, 0.5) is 11.4 Å². The Hall–Kier alpha value is -2.34. The highest BCUT2D eigenvalue weighted by molar-refractivity contribution is 6.31. The largest absolute Gasteiger partial charge is 0.397 e. The number of carbonyl (C=O) groups excluding carboxylic acids is 1. The van der Waals surface area contributed by atoms with Gasteiger partial charge in [-0.15, -0.1) is 0 Å². The monoisotopic (exact) mass is 292 g/mol. The van der Waals surface area contributed by atoms with E-state index in [-0.39, 0.29) is 18.0 Å². The molecule has 0 spiro atoms. The first-order valence-electron chi connectivity index (χ1n) is 5.83. The number of nitrogen functional groups attached to an aromatic ring is 1. The third kappa shape index (κ3) is 3.36. The molecule has 0 aliphatic heterocycles. The molecule has 6 nitrogen and oxygen atoms in total. The number of nitrogens with two attached hydrogens (primary N) is 1. The van der Waals surface area contributed by atoms with Crippen LogP contribution >= 0.6 is 11.6 Å². The molecule has 0 unspecified atom stereocenters. The van der Waals surface area contributed by atoms with Crippen molar-refractivity contribution in [2.24, 2.45) is 0 Å². The minimum absolute atomic E-state index is 0.141. The highest BCUT2D eigenvalue weighted by atomic mass is 35.5. The number of nitrogens with zero attached hydrogens (tertiary/aromatic N) is 2. The van der Waals surface area contributed by atoms with Gasteiger partial charge in [-0.1, -0.05) is 11.6 Å². The van der Waals surface area contributed by atoms with Crippen molar-refractivity contribution >= 4 is 28.9 Å². The van der Waals surface area contributed by atoms with E-state index in [1.165, 1.54) is 17.0 Å². The summed E-state index contributed by atoms with van der Waals surface area (Å²) in [6, 6.07) is 6.13. The Kier molecular flexibility index (Phi) is 4.05. The summed E-state index contributed by atoms with van der Waals surface area (Å²) in [5.74, 6) is -0.383. The summed E-state index contributed by atoms with van der Waals surface area (Å²) in [5, 5.41) is 3.07. The van der Waals surface area contributed by atoms with Gasteiger partial charge in [0.15, 0.2) is 0 Å². The van der Waals surface area contributed by atoms with Gasteiger partial charge in [-0.25, -0.2) is 4.98 Å². The topological polar surface area (TPSA) is 90.0 Å². The van der Waals surface area contributed by atoms with E-state index in [1.54, 1.807) is 25.1 Å². The molecule has 2 rings (SSSR count). The van der Waals surface area contributed by atoms with E-state index < -0.39 is 0 Å². The van der Waals surface area contributed by atoms with Crippen LogP contribution in [-0.2, 0) is 11.3 Å². The Balaban J connectivity index is 2.13. The van der Waals surface area contributed by atoms with E-state index in [4.69, 9.17) is 17.3 Å². The first kappa shape index (κ1) is 14.1. The lowest BCUT2D eigenvalue weighted by atomic mass is 10.2. The second-order valence-electron chi connectivity index (χ2n) is 4.28. The maximum absolute atomic E-state index is 11.9. The molecule has 104 valence electrons. The highest BCUT2D eigenvalue weighted by Gasteiger charge is 2.08. The number of halogens is 1. The van der Waals surface area contributed by atoms with Gasteiger partial charge < -0.3 is 11.1 Å². The lowest BCUT2D eigenvalue weighted by molar-refractivity contribution is -0.116. The van der Waals surface area contributed by atoms with Crippen molar-refractivity contribution in [1.82, 2.24) is 9.55 Å². The van der Waals surface area contributed by atoms with Gasteiger partial charge in [0.2, 0.25) is 5.91 Å². The number of anilines is 2. The van der Waals surface area contributed by atoms with E-state index >= 15 is 0 Å². The predicted molar refractivity (Wildman–Crippen MR) is 77.7 cm³/mol. The molecular formula is C13H13ClN4O2. The Morgan fingerprint density at radius 1 is 1.45 bits per heavy atom. The summed E-state index contributed by atoms with van der Waals surface area (Å²) in [4.78, 5) is 27.5. The molecule has 7 heteroatoms. The van der Waals surface area contributed by atoms with Crippen LogP contribution in [0.3, 0.4) is 0 Å². The van der Waals surface area contributed by atoms with Gasteiger partial charge in [-0.2, -0.15) is 0 Å². The number of hydrogen-bond donors (Lipinski definition) is 2. The number of carbonyl (C=O) groups is 1. The third-order valence-corrected chi connectivity index (χ3v) is 2.85. The SMILES string of the molecule is Cc1cc(=O)n(CC(=O)Nc2cc(Cl)ccc2N)cn1. The zero-order valence-corrected chi connectivity index (χ0v) is 11.5. The Morgan fingerprint density at radius 3 is 2.90 bits per heavy atom. The van der Waals surface area contributed by atoms with Gasteiger partial charge in [-0.05, 0) is 25.1 Å². The minimum atomic E-state index is -0.383. The third-order valence-electron chi connectivity index (χ3n) is 2.62. The van der Waals surface area contributed by atoms with E-state index in [9.17, 15) is 9.59 Å². The summed E-state index contributed by atoms with van der Waals surface area (Å²) in [7, 11) is 0. The molecule has 0 radical (unpaired) electrons. The van der Waals surface area contributed by atoms with Crippen molar-refractivity contribution in [3.63, 3.8) is 0 Å². The summed E-state index contributed by atoms with van der Waals surface area (Å²) in [5.41, 5.74) is 6.86. The fourth-order valence-corrected chi connectivity index (χ4v) is 1.79. The minimum Gasteiger partial charge on any atom is -0.397 e. The molecule has 0 atom stereocenters. The molecule has 3 N–H and O–H groups in total. The van der Waals surface area contributed by atoms with Gasteiger partial charge >= 0.3 is 0 Å². The van der Waals surface area contributed by atoms with Crippen LogP contribution in [0.25, 0.3) is 0 Å². The van der Waals surface area contributed by atoms with Crippen LogP contribution < -0.4 is 16.6 Å².